The van der Waals surface area contributed by atoms with Gasteiger partial charge < -0.3 is 0 Å². The molecule has 1 N–H and O–H groups in total. The van der Waals surface area contributed by atoms with Crippen molar-refractivity contribution in [2.75, 3.05) is 0 Å². The van der Waals surface area contributed by atoms with Gasteiger partial charge in [-0.2, -0.15) is 15.4 Å². The Balaban J connectivity index is 2.95. The molecule has 4 heteroatoms. The van der Waals surface area contributed by atoms with E-state index in [1.54, 1.807) is 6.07 Å². The first kappa shape index (κ1) is 5.47. The first-order chi connectivity index (χ1) is 4.88. The standard InChI is InChI=1S/C6H4BN3/c7-4-2-1-3-5-6(4)9-10-8-5/h1-3H,(H,8,9,10). The number of para-hydroxylation sites is 1. The Hall–Kier alpha value is -1.32. The van der Waals surface area contributed by atoms with Gasteiger partial charge in [0.25, 0.3) is 0 Å². The highest BCUT2D eigenvalue weighted by Crippen LogP contribution is 2.00. The minimum absolute atomic E-state index is 0.659. The van der Waals surface area contributed by atoms with E-state index < -0.39 is 0 Å². The molecule has 0 aliphatic rings. The topological polar surface area (TPSA) is 41.6 Å². The molecule has 0 atom stereocenters. The molecule has 0 aliphatic heterocycles. The normalized spacial score (nSPS) is 10.4. The van der Waals surface area contributed by atoms with Gasteiger partial charge in [-0.1, -0.05) is 17.6 Å². The minimum Gasteiger partial charge on any atom is -0.197 e. The molecule has 1 heterocycles. The Morgan fingerprint density at radius 1 is 1.30 bits per heavy atom. The first-order valence-corrected chi connectivity index (χ1v) is 2.93. The van der Waals surface area contributed by atoms with E-state index in [0.717, 1.165) is 11.0 Å². The number of aromatic amines is 1. The molecule has 0 unspecified atom stereocenters. The minimum atomic E-state index is 0.659. The molecule has 0 saturated heterocycles. The molecule has 3 nitrogen and oxygen atoms in total. The lowest BCUT2D eigenvalue weighted by Gasteiger charge is -1.88. The predicted molar refractivity (Wildman–Crippen MR) is 39.3 cm³/mol. The lowest BCUT2D eigenvalue weighted by Crippen LogP contribution is -2.02. The third-order valence-corrected chi connectivity index (χ3v) is 1.38. The number of fused-ring (bicyclic) bond motifs is 1. The largest absolute Gasteiger partial charge is 0.197 e. The van der Waals surface area contributed by atoms with Gasteiger partial charge in [0.05, 0.1) is 0 Å². The molecule has 2 radical (unpaired) electrons. The number of hydrogen-bond acceptors (Lipinski definition) is 2. The molecule has 1 aromatic carbocycles. The van der Waals surface area contributed by atoms with E-state index in [-0.39, 0.29) is 0 Å². The summed E-state index contributed by atoms with van der Waals surface area (Å²) in [7, 11) is 5.58. The van der Waals surface area contributed by atoms with Gasteiger partial charge in [0.2, 0.25) is 0 Å². The monoisotopic (exact) mass is 129 g/mol. The molecule has 0 spiro atoms. The van der Waals surface area contributed by atoms with Crippen molar-refractivity contribution in [3.8, 4) is 0 Å². The van der Waals surface area contributed by atoms with Crippen molar-refractivity contribution in [1.82, 2.24) is 15.4 Å². The molecule has 0 saturated carbocycles. The average Bonchev–Trinajstić information content (AvgIpc) is 2.36. The van der Waals surface area contributed by atoms with Crippen LogP contribution in [0.5, 0.6) is 0 Å². The van der Waals surface area contributed by atoms with Crippen LogP contribution in [0.15, 0.2) is 18.2 Å². The maximum Gasteiger partial charge on any atom is 0.117 e. The first-order valence-electron chi connectivity index (χ1n) is 2.93. The zero-order valence-electron chi connectivity index (χ0n) is 5.20. The molecule has 10 heavy (non-hydrogen) atoms. The van der Waals surface area contributed by atoms with E-state index in [1.807, 2.05) is 12.1 Å². The molecular formula is C6H4BN3. The summed E-state index contributed by atoms with van der Waals surface area (Å²) < 4.78 is 0. The lowest BCUT2D eigenvalue weighted by molar-refractivity contribution is 0.960. The summed E-state index contributed by atoms with van der Waals surface area (Å²) in [6.07, 6.45) is 0. The van der Waals surface area contributed by atoms with Crippen LogP contribution in [0.1, 0.15) is 0 Å². The highest BCUT2D eigenvalue weighted by Gasteiger charge is 1.96. The average molecular weight is 129 g/mol. The van der Waals surface area contributed by atoms with E-state index in [1.165, 1.54) is 0 Å². The number of hydrogen-bond donors (Lipinski definition) is 1. The van der Waals surface area contributed by atoms with Crippen LogP contribution in [0.3, 0.4) is 0 Å². The van der Waals surface area contributed by atoms with Gasteiger partial charge in [0.15, 0.2) is 0 Å². The summed E-state index contributed by atoms with van der Waals surface area (Å²) >= 11 is 0. The molecule has 2 rings (SSSR count). The van der Waals surface area contributed by atoms with Crippen LogP contribution in [-0.2, 0) is 0 Å². The predicted octanol–water partition coefficient (Wildman–Crippen LogP) is -0.248. The summed E-state index contributed by atoms with van der Waals surface area (Å²) in [5.41, 5.74) is 2.20. The molecule has 0 fully saturated rings. The summed E-state index contributed by atoms with van der Waals surface area (Å²) in [5, 5.41) is 10.2. The van der Waals surface area contributed by atoms with Crippen molar-refractivity contribution in [3.05, 3.63) is 18.2 Å². The Labute approximate surface area is 58.9 Å². The fourth-order valence-corrected chi connectivity index (χ4v) is 0.890. The van der Waals surface area contributed by atoms with Crippen LogP contribution in [0.25, 0.3) is 11.0 Å². The smallest absolute Gasteiger partial charge is 0.117 e. The van der Waals surface area contributed by atoms with Gasteiger partial charge >= 0.3 is 0 Å². The summed E-state index contributed by atoms with van der Waals surface area (Å²) in [6, 6.07) is 5.50. The SMILES string of the molecule is [B]c1cccc2n[nH]nc12. The van der Waals surface area contributed by atoms with Crippen molar-refractivity contribution in [3.63, 3.8) is 0 Å². The van der Waals surface area contributed by atoms with Gasteiger partial charge in [-0.25, -0.2) is 0 Å². The highest BCUT2D eigenvalue weighted by molar-refractivity contribution is 6.37. The van der Waals surface area contributed by atoms with Crippen LogP contribution in [0, 0.1) is 0 Å². The lowest BCUT2D eigenvalue weighted by atomic mass is 9.95. The van der Waals surface area contributed by atoms with Crippen molar-refractivity contribution in [2.24, 2.45) is 0 Å². The highest BCUT2D eigenvalue weighted by atomic mass is 15.3. The molecular weight excluding hydrogens is 125 g/mol. The maximum absolute atomic E-state index is 5.58. The fourth-order valence-electron chi connectivity index (χ4n) is 0.890. The number of benzene rings is 1. The van der Waals surface area contributed by atoms with E-state index in [9.17, 15) is 0 Å². The fraction of sp³-hybridized carbons (Fsp3) is 0. The molecule has 46 valence electrons. The summed E-state index contributed by atoms with van der Waals surface area (Å²) in [4.78, 5) is 0. The number of nitrogens with zero attached hydrogens (tertiary/aromatic N) is 2. The second kappa shape index (κ2) is 1.83. The molecule has 2 aromatic rings. The van der Waals surface area contributed by atoms with Crippen LogP contribution in [-0.4, -0.2) is 23.3 Å². The van der Waals surface area contributed by atoms with E-state index in [4.69, 9.17) is 7.85 Å². The molecule has 0 bridgehead atoms. The van der Waals surface area contributed by atoms with Crippen LogP contribution in [0.4, 0.5) is 0 Å². The second-order valence-electron chi connectivity index (χ2n) is 2.04. The van der Waals surface area contributed by atoms with Gasteiger partial charge in [-0.15, -0.1) is 0 Å². The second-order valence-corrected chi connectivity index (χ2v) is 2.04. The maximum atomic E-state index is 5.58. The molecule has 0 amide bonds. The summed E-state index contributed by atoms with van der Waals surface area (Å²) in [6.45, 7) is 0. The zero-order valence-corrected chi connectivity index (χ0v) is 5.20. The van der Waals surface area contributed by atoms with E-state index in [2.05, 4.69) is 15.4 Å². The number of rotatable bonds is 0. The van der Waals surface area contributed by atoms with Gasteiger partial charge in [0, 0.05) is 0 Å². The third-order valence-electron chi connectivity index (χ3n) is 1.38. The van der Waals surface area contributed by atoms with Crippen molar-refractivity contribution in [1.29, 1.82) is 0 Å². The number of nitrogens with one attached hydrogen (secondary N) is 1. The quantitative estimate of drug-likeness (QED) is 0.498. The van der Waals surface area contributed by atoms with Gasteiger partial charge in [-0.05, 0) is 6.07 Å². The van der Waals surface area contributed by atoms with Crippen molar-refractivity contribution in [2.45, 2.75) is 0 Å². The van der Waals surface area contributed by atoms with Crippen molar-refractivity contribution >= 4 is 24.3 Å². The van der Waals surface area contributed by atoms with Gasteiger partial charge in [0.1, 0.15) is 18.9 Å². The molecule has 1 aromatic heterocycles. The molecule has 0 aliphatic carbocycles. The van der Waals surface area contributed by atoms with Crippen LogP contribution in [0.2, 0.25) is 0 Å². The Kier molecular flexibility index (Phi) is 1.00. The number of aromatic nitrogens is 3. The van der Waals surface area contributed by atoms with E-state index in [0.29, 0.717) is 5.46 Å². The number of H-pyrrole nitrogens is 1. The Morgan fingerprint density at radius 3 is 3.00 bits per heavy atom. The summed E-state index contributed by atoms with van der Waals surface area (Å²) in [5.74, 6) is 0. The Bertz CT molecular complexity index is 355. The third kappa shape index (κ3) is 0.619. The van der Waals surface area contributed by atoms with Gasteiger partial charge in [-0.3, -0.25) is 0 Å². The van der Waals surface area contributed by atoms with Crippen LogP contribution >= 0.6 is 0 Å². The van der Waals surface area contributed by atoms with Crippen LogP contribution < -0.4 is 5.46 Å². The van der Waals surface area contributed by atoms with E-state index >= 15 is 0 Å². The zero-order chi connectivity index (χ0) is 6.97. The Morgan fingerprint density at radius 2 is 2.20 bits per heavy atom. The van der Waals surface area contributed by atoms with Crippen molar-refractivity contribution < 1.29 is 0 Å².